The van der Waals surface area contributed by atoms with Crippen LogP contribution in [0, 0.1) is 12.8 Å². The maximum Gasteiger partial charge on any atom is 0.277 e. The lowest BCUT2D eigenvalue weighted by Crippen LogP contribution is -2.48. The Labute approximate surface area is 134 Å². The highest BCUT2D eigenvalue weighted by atomic mass is 15.4. The van der Waals surface area contributed by atoms with Crippen molar-refractivity contribution in [2.45, 2.75) is 32.5 Å². The molecule has 1 saturated heterocycles. The van der Waals surface area contributed by atoms with Gasteiger partial charge in [-0.25, -0.2) is 15.0 Å². The van der Waals surface area contributed by atoms with Crippen molar-refractivity contribution in [2.75, 3.05) is 18.4 Å². The molecule has 3 aliphatic rings. The first-order chi connectivity index (χ1) is 11.1. The zero-order chi connectivity index (χ0) is 15.9. The molecule has 0 bridgehead atoms. The van der Waals surface area contributed by atoms with Crippen LogP contribution in [-0.2, 0) is 0 Å². The first kappa shape index (κ1) is 14.1. The minimum Gasteiger partial charge on any atom is -0.341 e. The van der Waals surface area contributed by atoms with Crippen LogP contribution in [0.15, 0.2) is 26.0 Å². The predicted octanol–water partition coefficient (Wildman–Crippen LogP) is 1.44. The molecule has 3 aliphatic heterocycles. The number of likely N-dealkylation sites (tertiary alicyclic amines) is 1. The average Bonchev–Trinajstić information content (AvgIpc) is 3.13. The molecule has 1 unspecified atom stereocenters. The summed E-state index contributed by atoms with van der Waals surface area (Å²) >= 11 is 0. The Morgan fingerprint density at radius 2 is 2.17 bits per heavy atom. The average molecular weight is 312 g/mol. The van der Waals surface area contributed by atoms with Crippen LogP contribution in [0.3, 0.4) is 0 Å². The van der Waals surface area contributed by atoms with Crippen molar-refractivity contribution >= 4 is 30.0 Å². The van der Waals surface area contributed by atoms with E-state index in [9.17, 15) is 0 Å². The number of rotatable bonds is 2. The predicted molar refractivity (Wildman–Crippen MR) is 91.5 cm³/mol. The van der Waals surface area contributed by atoms with Gasteiger partial charge in [-0.2, -0.15) is 10.1 Å². The van der Waals surface area contributed by atoms with Gasteiger partial charge in [0.05, 0.1) is 6.21 Å². The van der Waals surface area contributed by atoms with E-state index in [-0.39, 0.29) is 0 Å². The van der Waals surface area contributed by atoms with E-state index in [2.05, 4.69) is 42.3 Å². The molecule has 0 aliphatic carbocycles. The van der Waals surface area contributed by atoms with Gasteiger partial charge in [0.25, 0.3) is 5.79 Å². The van der Waals surface area contributed by atoms with Gasteiger partial charge in [-0.15, -0.1) is 0 Å². The third-order valence-corrected chi connectivity index (χ3v) is 4.44. The largest absolute Gasteiger partial charge is 0.341 e. The summed E-state index contributed by atoms with van der Waals surface area (Å²) in [5.74, 6) is 1.23. The normalized spacial score (nSPS) is 27.0. The number of nitrogens with zero attached hydrogens (tertiary/aromatic N) is 6. The summed E-state index contributed by atoms with van der Waals surface area (Å²) in [7, 11) is 0. The van der Waals surface area contributed by atoms with E-state index in [0.717, 1.165) is 43.5 Å². The van der Waals surface area contributed by atoms with Crippen molar-refractivity contribution in [1.29, 1.82) is 0 Å². The maximum absolute atomic E-state index is 4.78. The third-order valence-electron chi connectivity index (χ3n) is 4.44. The van der Waals surface area contributed by atoms with Gasteiger partial charge in [0.15, 0.2) is 5.82 Å². The molecule has 0 saturated carbocycles. The van der Waals surface area contributed by atoms with E-state index in [1.54, 1.807) is 6.21 Å². The van der Waals surface area contributed by atoms with Gasteiger partial charge in [-0.1, -0.05) is 6.92 Å². The monoisotopic (exact) mass is 312 g/mol. The van der Waals surface area contributed by atoms with E-state index < -0.39 is 5.79 Å². The van der Waals surface area contributed by atoms with Gasteiger partial charge >= 0.3 is 0 Å². The molecule has 0 radical (unpaired) electrons. The SMILES string of the molecule is Cc1cc(NC23N=CN=C2C=NC(N2CCC(C)CC2)=N3)n[nH]1. The number of anilines is 1. The Balaban J connectivity index is 1.62. The molecule has 1 atom stereocenters. The van der Waals surface area contributed by atoms with Crippen molar-refractivity contribution in [2.24, 2.45) is 25.9 Å². The standard InChI is InChI=1S/C15H20N8/c1-10-3-5-23(6-4-10)14-16-8-12-15(20-14,18-9-17-12)19-13-7-11(2)21-22-13/h7-10H,3-6H2,1-2H3,(H2,19,21,22). The summed E-state index contributed by atoms with van der Waals surface area (Å²) in [5.41, 5.74) is 1.66. The fraction of sp³-hybridized carbons (Fsp3) is 0.533. The number of aromatic amines is 1. The van der Waals surface area contributed by atoms with Crippen LogP contribution in [0.1, 0.15) is 25.5 Å². The molecule has 8 heteroatoms. The maximum atomic E-state index is 4.78. The topological polar surface area (TPSA) is 93.4 Å². The van der Waals surface area contributed by atoms with Gasteiger partial charge in [0, 0.05) is 24.8 Å². The Morgan fingerprint density at radius 3 is 2.91 bits per heavy atom. The first-order valence-corrected chi connectivity index (χ1v) is 7.96. The Bertz CT molecular complexity index is 720. The second kappa shape index (κ2) is 5.29. The number of piperidine rings is 1. The lowest BCUT2D eigenvalue weighted by Gasteiger charge is -2.34. The van der Waals surface area contributed by atoms with E-state index in [1.165, 1.54) is 6.34 Å². The van der Waals surface area contributed by atoms with Crippen LogP contribution in [0.5, 0.6) is 0 Å². The van der Waals surface area contributed by atoms with Crippen LogP contribution in [-0.4, -0.2) is 58.2 Å². The molecule has 120 valence electrons. The quantitative estimate of drug-likeness (QED) is 0.865. The molecule has 4 heterocycles. The van der Waals surface area contributed by atoms with Crippen LogP contribution < -0.4 is 5.32 Å². The number of hydrogen-bond donors (Lipinski definition) is 2. The van der Waals surface area contributed by atoms with Crippen LogP contribution in [0.4, 0.5) is 5.82 Å². The number of aromatic nitrogens is 2. The Morgan fingerprint density at radius 1 is 1.35 bits per heavy atom. The number of H-pyrrole nitrogens is 1. The number of aryl methyl sites for hydroxylation is 1. The summed E-state index contributed by atoms with van der Waals surface area (Å²) in [5, 5.41) is 10.4. The van der Waals surface area contributed by atoms with Crippen LogP contribution >= 0.6 is 0 Å². The molecule has 1 fully saturated rings. The number of nitrogens with one attached hydrogen (secondary N) is 2. The van der Waals surface area contributed by atoms with Gasteiger partial charge < -0.3 is 10.2 Å². The van der Waals surface area contributed by atoms with E-state index in [1.807, 2.05) is 13.0 Å². The molecular weight excluding hydrogens is 292 g/mol. The molecule has 0 aromatic carbocycles. The van der Waals surface area contributed by atoms with E-state index in [0.29, 0.717) is 11.5 Å². The van der Waals surface area contributed by atoms with Gasteiger partial charge in [-0.05, 0) is 25.7 Å². The van der Waals surface area contributed by atoms with Crippen molar-refractivity contribution in [1.82, 2.24) is 15.1 Å². The highest BCUT2D eigenvalue weighted by Gasteiger charge is 2.41. The van der Waals surface area contributed by atoms with Crippen molar-refractivity contribution in [3.63, 3.8) is 0 Å². The lowest BCUT2D eigenvalue weighted by molar-refractivity contribution is 0.276. The lowest BCUT2D eigenvalue weighted by atomic mass is 9.99. The molecule has 1 aromatic heterocycles. The van der Waals surface area contributed by atoms with Gasteiger partial charge in [0.1, 0.15) is 12.1 Å². The molecule has 4 rings (SSSR count). The molecule has 0 amide bonds. The minimum atomic E-state index is -0.943. The second-order valence-corrected chi connectivity index (χ2v) is 6.33. The number of aliphatic imine (C=N–C) groups is 4. The minimum absolute atomic E-state index is 0.687. The Kier molecular flexibility index (Phi) is 3.24. The summed E-state index contributed by atoms with van der Waals surface area (Å²) in [6.45, 7) is 6.20. The molecule has 1 aromatic rings. The van der Waals surface area contributed by atoms with E-state index in [4.69, 9.17) is 4.99 Å². The van der Waals surface area contributed by atoms with Crippen molar-refractivity contribution in [3.05, 3.63) is 11.8 Å². The zero-order valence-electron chi connectivity index (χ0n) is 13.3. The summed E-state index contributed by atoms with van der Waals surface area (Å²) < 4.78 is 0. The smallest absolute Gasteiger partial charge is 0.277 e. The summed E-state index contributed by atoms with van der Waals surface area (Å²) in [4.78, 5) is 20.2. The first-order valence-electron chi connectivity index (χ1n) is 7.96. The molecular formula is C15H20N8. The summed E-state index contributed by atoms with van der Waals surface area (Å²) in [6, 6.07) is 1.92. The highest BCUT2D eigenvalue weighted by Crippen LogP contribution is 2.26. The summed E-state index contributed by atoms with van der Waals surface area (Å²) in [6.07, 6.45) is 5.61. The zero-order valence-corrected chi connectivity index (χ0v) is 13.3. The van der Waals surface area contributed by atoms with Crippen molar-refractivity contribution < 1.29 is 0 Å². The van der Waals surface area contributed by atoms with Crippen LogP contribution in [0.25, 0.3) is 0 Å². The highest BCUT2D eigenvalue weighted by molar-refractivity contribution is 6.40. The number of guanidine groups is 1. The molecule has 0 spiro atoms. The molecule has 2 N–H and O–H groups in total. The molecule has 23 heavy (non-hydrogen) atoms. The third kappa shape index (κ3) is 2.54. The van der Waals surface area contributed by atoms with Crippen molar-refractivity contribution in [3.8, 4) is 0 Å². The van der Waals surface area contributed by atoms with Gasteiger partial charge in [-0.3, -0.25) is 5.10 Å². The fourth-order valence-corrected chi connectivity index (χ4v) is 2.98. The number of fused-ring (bicyclic) bond motifs is 1. The Hall–Kier alpha value is -2.51. The fourth-order valence-electron chi connectivity index (χ4n) is 2.98. The van der Waals surface area contributed by atoms with Crippen LogP contribution in [0.2, 0.25) is 0 Å². The number of hydrogen-bond acceptors (Lipinski definition) is 7. The second-order valence-electron chi connectivity index (χ2n) is 6.33. The van der Waals surface area contributed by atoms with E-state index >= 15 is 0 Å². The van der Waals surface area contributed by atoms with Gasteiger partial charge in [0.2, 0.25) is 5.96 Å². The molecule has 8 nitrogen and oxygen atoms in total.